The van der Waals surface area contributed by atoms with Crippen molar-refractivity contribution in [3.8, 4) is 0 Å². The molecular formula is C11H18N2O4. The van der Waals surface area contributed by atoms with E-state index in [1.165, 1.54) is 4.90 Å². The summed E-state index contributed by atoms with van der Waals surface area (Å²) in [6.45, 7) is 2.34. The lowest BCUT2D eigenvalue weighted by Gasteiger charge is -2.24. The fourth-order valence-corrected chi connectivity index (χ4v) is 2.06. The van der Waals surface area contributed by atoms with Crippen molar-refractivity contribution in [2.75, 3.05) is 13.2 Å². The van der Waals surface area contributed by atoms with Crippen molar-refractivity contribution in [2.24, 2.45) is 0 Å². The van der Waals surface area contributed by atoms with E-state index < -0.39 is 5.97 Å². The quantitative estimate of drug-likeness (QED) is 0.749. The number of carbonyl (C=O) groups is 2. The Morgan fingerprint density at radius 1 is 1.41 bits per heavy atom. The van der Waals surface area contributed by atoms with E-state index in [1.807, 2.05) is 6.92 Å². The molecule has 2 N–H and O–H groups in total. The molecule has 0 spiro atoms. The van der Waals surface area contributed by atoms with Crippen molar-refractivity contribution >= 4 is 12.0 Å². The third-order valence-electron chi connectivity index (χ3n) is 3.24. The zero-order valence-corrected chi connectivity index (χ0v) is 9.89. The first-order chi connectivity index (χ1) is 8.08. The average molecular weight is 242 g/mol. The first-order valence-corrected chi connectivity index (χ1v) is 5.98. The molecule has 2 rings (SSSR count). The number of hydrogen-bond acceptors (Lipinski definition) is 3. The van der Waals surface area contributed by atoms with Crippen LogP contribution in [0.25, 0.3) is 0 Å². The summed E-state index contributed by atoms with van der Waals surface area (Å²) >= 11 is 0. The summed E-state index contributed by atoms with van der Waals surface area (Å²) in [4.78, 5) is 24.1. The zero-order chi connectivity index (χ0) is 12.4. The monoisotopic (exact) mass is 242 g/mol. The van der Waals surface area contributed by atoms with Crippen molar-refractivity contribution in [1.82, 2.24) is 10.2 Å². The molecule has 2 atom stereocenters. The van der Waals surface area contributed by atoms with Crippen LogP contribution < -0.4 is 5.32 Å². The largest absolute Gasteiger partial charge is 0.480 e. The van der Waals surface area contributed by atoms with Gasteiger partial charge in [-0.3, -0.25) is 4.79 Å². The summed E-state index contributed by atoms with van der Waals surface area (Å²) in [5.74, 6) is -0.970. The van der Waals surface area contributed by atoms with Gasteiger partial charge in [-0.1, -0.05) is 0 Å². The molecule has 1 heterocycles. The zero-order valence-electron chi connectivity index (χ0n) is 9.89. The number of ether oxygens (including phenoxy) is 1. The summed E-state index contributed by atoms with van der Waals surface area (Å²) in [6.07, 6.45) is 2.60. The van der Waals surface area contributed by atoms with Crippen LogP contribution in [-0.2, 0) is 9.53 Å². The normalized spacial score (nSPS) is 27.8. The Kier molecular flexibility index (Phi) is 3.51. The van der Waals surface area contributed by atoms with Crippen molar-refractivity contribution in [2.45, 2.75) is 44.4 Å². The van der Waals surface area contributed by atoms with Gasteiger partial charge in [-0.25, -0.2) is 4.79 Å². The number of carboxylic acids is 1. The number of amides is 2. The van der Waals surface area contributed by atoms with Crippen molar-refractivity contribution in [3.63, 3.8) is 0 Å². The second kappa shape index (κ2) is 4.91. The van der Waals surface area contributed by atoms with Gasteiger partial charge in [0.1, 0.15) is 6.54 Å². The number of carbonyl (C=O) groups excluding carboxylic acids is 1. The van der Waals surface area contributed by atoms with E-state index in [9.17, 15) is 9.59 Å². The highest BCUT2D eigenvalue weighted by Crippen LogP contribution is 2.27. The minimum absolute atomic E-state index is 0.00227. The number of urea groups is 1. The Bertz CT molecular complexity index is 317. The number of nitrogens with one attached hydrogen (secondary N) is 1. The standard InChI is InChI=1S/C11H18N2O4/c1-7-9(4-5-17-7)12-11(16)13(6-10(14)15)8-2-3-8/h7-9H,2-6H2,1H3,(H,12,16)(H,14,15). The number of nitrogens with zero attached hydrogens (tertiary/aromatic N) is 1. The molecule has 1 aliphatic carbocycles. The molecule has 6 heteroatoms. The first-order valence-electron chi connectivity index (χ1n) is 5.98. The molecule has 2 unspecified atom stereocenters. The third kappa shape index (κ3) is 3.09. The van der Waals surface area contributed by atoms with Crippen LogP contribution in [0.5, 0.6) is 0 Å². The van der Waals surface area contributed by atoms with Crippen LogP contribution in [0.15, 0.2) is 0 Å². The number of hydrogen-bond donors (Lipinski definition) is 2. The molecule has 0 aromatic carbocycles. The van der Waals surface area contributed by atoms with Crippen molar-refractivity contribution in [3.05, 3.63) is 0 Å². The lowest BCUT2D eigenvalue weighted by molar-refractivity contribution is -0.137. The van der Waals surface area contributed by atoms with Crippen LogP contribution in [0.1, 0.15) is 26.2 Å². The Morgan fingerprint density at radius 2 is 2.12 bits per heavy atom. The van der Waals surface area contributed by atoms with Crippen molar-refractivity contribution < 1.29 is 19.4 Å². The van der Waals surface area contributed by atoms with Gasteiger partial charge in [0.25, 0.3) is 0 Å². The van der Waals surface area contributed by atoms with Gasteiger partial charge in [0.05, 0.1) is 12.1 Å². The fraction of sp³-hybridized carbons (Fsp3) is 0.818. The van der Waals surface area contributed by atoms with Crippen LogP contribution in [0.4, 0.5) is 4.79 Å². The van der Waals surface area contributed by atoms with Crippen LogP contribution >= 0.6 is 0 Å². The number of aliphatic carboxylic acids is 1. The molecule has 1 saturated heterocycles. The van der Waals surface area contributed by atoms with E-state index in [1.54, 1.807) is 0 Å². The lowest BCUT2D eigenvalue weighted by atomic mass is 10.2. The second-order valence-corrected chi connectivity index (χ2v) is 4.67. The van der Waals surface area contributed by atoms with Crippen LogP contribution in [0.3, 0.4) is 0 Å². The molecule has 17 heavy (non-hydrogen) atoms. The highest BCUT2D eigenvalue weighted by atomic mass is 16.5. The lowest BCUT2D eigenvalue weighted by Crippen LogP contribution is -2.49. The predicted octanol–water partition coefficient (Wildman–Crippen LogP) is 0.422. The summed E-state index contributed by atoms with van der Waals surface area (Å²) in [7, 11) is 0. The third-order valence-corrected chi connectivity index (χ3v) is 3.24. The van der Waals surface area contributed by atoms with E-state index in [2.05, 4.69) is 5.32 Å². The van der Waals surface area contributed by atoms with Crippen molar-refractivity contribution in [1.29, 1.82) is 0 Å². The van der Waals surface area contributed by atoms with Crippen LogP contribution in [0, 0.1) is 0 Å². The Balaban J connectivity index is 1.89. The van der Waals surface area contributed by atoms with E-state index in [-0.39, 0.29) is 30.8 Å². The maximum Gasteiger partial charge on any atom is 0.323 e. The maximum atomic E-state index is 12.0. The van der Waals surface area contributed by atoms with Gasteiger partial charge in [-0.2, -0.15) is 0 Å². The summed E-state index contributed by atoms with van der Waals surface area (Å²) in [5, 5.41) is 11.6. The van der Waals surface area contributed by atoms with Gasteiger partial charge in [0.15, 0.2) is 0 Å². The summed E-state index contributed by atoms with van der Waals surface area (Å²) in [6, 6.07) is -0.182. The molecular weight excluding hydrogens is 224 g/mol. The van der Waals surface area contributed by atoms with Gasteiger partial charge < -0.3 is 20.1 Å². The smallest absolute Gasteiger partial charge is 0.323 e. The first kappa shape index (κ1) is 12.2. The van der Waals surface area contributed by atoms with Gasteiger partial charge in [-0.15, -0.1) is 0 Å². The van der Waals surface area contributed by atoms with Gasteiger partial charge in [0, 0.05) is 12.6 Å². The van der Waals surface area contributed by atoms with E-state index >= 15 is 0 Å². The Labute approximate surface area is 99.9 Å². The molecule has 0 bridgehead atoms. The molecule has 0 aromatic heterocycles. The molecule has 96 valence electrons. The summed E-state index contributed by atoms with van der Waals surface area (Å²) < 4.78 is 5.35. The summed E-state index contributed by atoms with van der Waals surface area (Å²) in [5.41, 5.74) is 0. The highest BCUT2D eigenvalue weighted by molar-refractivity contribution is 5.81. The minimum atomic E-state index is -0.970. The Morgan fingerprint density at radius 3 is 2.59 bits per heavy atom. The SMILES string of the molecule is CC1OCCC1NC(=O)N(CC(=O)O)C1CC1. The second-order valence-electron chi connectivity index (χ2n) is 4.67. The molecule has 2 fully saturated rings. The van der Waals surface area contributed by atoms with Crippen LogP contribution in [0.2, 0.25) is 0 Å². The molecule has 6 nitrogen and oxygen atoms in total. The van der Waals surface area contributed by atoms with E-state index in [0.29, 0.717) is 6.61 Å². The van der Waals surface area contributed by atoms with Gasteiger partial charge in [0.2, 0.25) is 0 Å². The molecule has 0 radical (unpaired) electrons. The van der Waals surface area contributed by atoms with Crippen LogP contribution in [-0.4, -0.2) is 53.3 Å². The molecule has 0 aromatic rings. The predicted molar refractivity (Wildman–Crippen MR) is 59.7 cm³/mol. The number of carboxylic acid groups (broad SMARTS) is 1. The Hall–Kier alpha value is -1.30. The minimum Gasteiger partial charge on any atom is -0.480 e. The van der Waals surface area contributed by atoms with Gasteiger partial charge >= 0.3 is 12.0 Å². The van der Waals surface area contributed by atoms with E-state index in [0.717, 1.165) is 19.3 Å². The van der Waals surface area contributed by atoms with Gasteiger partial charge in [-0.05, 0) is 26.2 Å². The number of rotatable bonds is 4. The fourth-order valence-electron chi connectivity index (χ4n) is 2.06. The average Bonchev–Trinajstić information content (AvgIpc) is 3.01. The molecule has 1 saturated carbocycles. The molecule has 2 amide bonds. The highest BCUT2D eigenvalue weighted by Gasteiger charge is 2.36. The van der Waals surface area contributed by atoms with E-state index in [4.69, 9.17) is 9.84 Å². The maximum absolute atomic E-state index is 12.0. The topological polar surface area (TPSA) is 78.9 Å². The molecule has 2 aliphatic rings. The molecule has 1 aliphatic heterocycles.